The lowest BCUT2D eigenvalue weighted by Crippen LogP contribution is -2.51. The van der Waals surface area contributed by atoms with E-state index in [1.807, 2.05) is 0 Å². The highest BCUT2D eigenvalue weighted by Crippen LogP contribution is 2.34. The lowest BCUT2D eigenvalue weighted by molar-refractivity contribution is 0.0904. The van der Waals surface area contributed by atoms with E-state index in [4.69, 9.17) is 0 Å². The van der Waals surface area contributed by atoms with Crippen molar-refractivity contribution in [2.45, 2.75) is 75.7 Å². The molecule has 0 aromatic heterocycles. The number of piperidine rings is 1. The molecule has 1 aliphatic heterocycles. The number of nitrogens with one attached hydrogen (secondary N) is 1. The predicted octanol–water partition coefficient (Wildman–Crippen LogP) is 3.12. The quantitative estimate of drug-likeness (QED) is 0.826. The first-order valence-electron chi connectivity index (χ1n) is 7.76. The summed E-state index contributed by atoms with van der Waals surface area (Å²) in [6.07, 6.45) is 10.5. The summed E-state index contributed by atoms with van der Waals surface area (Å²) in [4.78, 5) is 2.81. The third-order valence-electron chi connectivity index (χ3n) is 4.77. The van der Waals surface area contributed by atoms with Crippen LogP contribution in [0.4, 0.5) is 0 Å². The van der Waals surface area contributed by atoms with Gasteiger partial charge >= 0.3 is 0 Å². The van der Waals surface area contributed by atoms with E-state index in [-0.39, 0.29) is 0 Å². The Bertz CT molecular complexity index is 247. The monoisotopic (exact) mass is 270 g/mol. The molecule has 18 heavy (non-hydrogen) atoms. The van der Waals surface area contributed by atoms with Crippen molar-refractivity contribution >= 4 is 11.8 Å². The zero-order valence-corrected chi connectivity index (χ0v) is 13.1. The Morgan fingerprint density at radius 2 is 2.06 bits per heavy atom. The fourth-order valence-corrected chi connectivity index (χ4v) is 4.49. The van der Waals surface area contributed by atoms with Crippen molar-refractivity contribution in [3.8, 4) is 0 Å². The van der Waals surface area contributed by atoms with Crippen molar-refractivity contribution in [3.05, 3.63) is 0 Å². The van der Waals surface area contributed by atoms with E-state index >= 15 is 0 Å². The Hall–Kier alpha value is 0.270. The van der Waals surface area contributed by atoms with Crippen LogP contribution in [0.2, 0.25) is 0 Å². The number of rotatable bonds is 5. The number of thioether (sulfide) groups is 1. The summed E-state index contributed by atoms with van der Waals surface area (Å²) in [7, 11) is 0. The van der Waals surface area contributed by atoms with Gasteiger partial charge in [0.05, 0.1) is 0 Å². The molecule has 2 aliphatic rings. The Morgan fingerprint density at radius 3 is 2.67 bits per heavy atom. The van der Waals surface area contributed by atoms with Gasteiger partial charge < -0.3 is 5.32 Å². The summed E-state index contributed by atoms with van der Waals surface area (Å²) in [5, 5.41) is 4.63. The molecule has 0 spiro atoms. The topological polar surface area (TPSA) is 15.3 Å². The average Bonchev–Trinajstić information content (AvgIpc) is 2.85. The minimum atomic E-state index is 0.772. The Labute approximate surface area is 117 Å². The van der Waals surface area contributed by atoms with Crippen LogP contribution < -0.4 is 5.32 Å². The maximum atomic E-state index is 3.70. The molecule has 0 aromatic carbocycles. The highest BCUT2D eigenvalue weighted by atomic mass is 32.2. The Balaban J connectivity index is 1.78. The number of likely N-dealkylation sites (tertiary alicyclic amines) is 1. The van der Waals surface area contributed by atoms with Crippen LogP contribution in [0.15, 0.2) is 0 Å². The van der Waals surface area contributed by atoms with Crippen LogP contribution >= 0.6 is 11.8 Å². The van der Waals surface area contributed by atoms with Crippen molar-refractivity contribution in [2.24, 2.45) is 0 Å². The summed E-state index contributed by atoms with van der Waals surface area (Å²) in [5.74, 6) is 0. The minimum absolute atomic E-state index is 0.772. The summed E-state index contributed by atoms with van der Waals surface area (Å²) in [6, 6.07) is 2.43. The molecule has 1 heterocycles. The molecule has 4 unspecified atom stereocenters. The maximum Gasteiger partial charge on any atom is 0.0109 e. The highest BCUT2D eigenvalue weighted by molar-refractivity contribution is 7.99. The number of hydrogen-bond acceptors (Lipinski definition) is 3. The Morgan fingerprint density at radius 1 is 1.22 bits per heavy atom. The molecule has 106 valence electrons. The van der Waals surface area contributed by atoms with E-state index in [1.54, 1.807) is 0 Å². The highest BCUT2D eigenvalue weighted by Gasteiger charge is 2.34. The molecule has 0 radical (unpaired) electrons. The molecule has 3 heteroatoms. The maximum absolute atomic E-state index is 3.70. The molecule has 1 saturated heterocycles. The second-order valence-electron chi connectivity index (χ2n) is 6.09. The first kappa shape index (κ1) is 14.7. The first-order chi connectivity index (χ1) is 8.74. The van der Waals surface area contributed by atoms with Crippen LogP contribution in [0.1, 0.15) is 52.4 Å². The number of hydrogen-bond donors (Lipinski definition) is 1. The van der Waals surface area contributed by atoms with Gasteiger partial charge in [-0.2, -0.15) is 11.8 Å². The second-order valence-corrected chi connectivity index (χ2v) is 7.22. The second kappa shape index (κ2) is 7.16. The fraction of sp³-hybridized carbons (Fsp3) is 1.00. The third-order valence-corrected chi connectivity index (χ3v) is 5.86. The molecule has 2 nitrogen and oxygen atoms in total. The largest absolute Gasteiger partial charge is 0.314 e. The molecule has 2 rings (SSSR count). The van der Waals surface area contributed by atoms with Gasteiger partial charge in [0.1, 0.15) is 0 Å². The zero-order chi connectivity index (χ0) is 13.0. The zero-order valence-electron chi connectivity index (χ0n) is 12.3. The molecular formula is C15H30N2S. The van der Waals surface area contributed by atoms with Gasteiger partial charge in [-0.3, -0.25) is 4.90 Å². The van der Waals surface area contributed by atoms with E-state index in [0.717, 1.165) is 23.4 Å². The molecular weight excluding hydrogens is 240 g/mol. The smallest absolute Gasteiger partial charge is 0.0109 e. The van der Waals surface area contributed by atoms with Crippen molar-refractivity contribution in [3.63, 3.8) is 0 Å². The lowest BCUT2D eigenvalue weighted by atomic mass is 9.96. The summed E-state index contributed by atoms with van der Waals surface area (Å²) < 4.78 is 0. The van der Waals surface area contributed by atoms with Crippen LogP contribution in [0, 0.1) is 0 Å². The Kier molecular flexibility index (Phi) is 5.84. The summed E-state index contributed by atoms with van der Waals surface area (Å²) in [6.45, 7) is 7.20. The van der Waals surface area contributed by atoms with Crippen molar-refractivity contribution in [1.82, 2.24) is 10.2 Å². The van der Waals surface area contributed by atoms with Crippen molar-refractivity contribution in [1.29, 1.82) is 0 Å². The lowest BCUT2D eigenvalue weighted by Gasteiger charge is -2.41. The van der Waals surface area contributed by atoms with Crippen LogP contribution in [0.5, 0.6) is 0 Å². The molecule has 2 fully saturated rings. The van der Waals surface area contributed by atoms with Crippen LogP contribution in [0.3, 0.4) is 0 Å². The number of nitrogens with zero attached hydrogens (tertiary/aromatic N) is 1. The third kappa shape index (κ3) is 3.64. The molecule has 1 aliphatic carbocycles. The van der Waals surface area contributed by atoms with Gasteiger partial charge in [-0.05, 0) is 58.2 Å². The molecule has 1 N–H and O–H groups in total. The fourth-order valence-electron chi connectivity index (χ4n) is 3.70. The standard InChI is InChI=1S/C15H30N2S/c1-4-8-16-13-7-9-17(12(2)10-13)14-5-6-15(11-14)18-3/h12-16H,4-11H2,1-3H3. The normalized spacial score (nSPS) is 38.2. The predicted molar refractivity (Wildman–Crippen MR) is 82.4 cm³/mol. The molecule has 1 saturated carbocycles. The van der Waals surface area contributed by atoms with Crippen molar-refractivity contribution < 1.29 is 0 Å². The van der Waals surface area contributed by atoms with Crippen LogP contribution in [-0.4, -0.2) is 47.6 Å². The van der Waals surface area contributed by atoms with Crippen molar-refractivity contribution in [2.75, 3.05) is 19.3 Å². The van der Waals surface area contributed by atoms with Gasteiger partial charge in [0, 0.05) is 29.9 Å². The van der Waals surface area contributed by atoms with Gasteiger partial charge in [-0.15, -0.1) is 0 Å². The van der Waals surface area contributed by atoms with Crippen LogP contribution in [-0.2, 0) is 0 Å². The summed E-state index contributed by atoms with van der Waals surface area (Å²) >= 11 is 2.07. The minimum Gasteiger partial charge on any atom is -0.314 e. The first-order valence-corrected chi connectivity index (χ1v) is 9.05. The van der Waals surface area contributed by atoms with E-state index < -0.39 is 0 Å². The molecule has 0 bridgehead atoms. The van der Waals surface area contributed by atoms with Gasteiger partial charge in [0.2, 0.25) is 0 Å². The van der Waals surface area contributed by atoms with Gasteiger partial charge in [0.25, 0.3) is 0 Å². The average molecular weight is 270 g/mol. The van der Waals surface area contributed by atoms with Gasteiger partial charge in [-0.1, -0.05) is 6.92 Å². The van der Waals surface area contributed by atoms with E-state index in [9.17, 15) is 0 Å². The van der Waals surface area contributed by atoms with Gasteiger partial charge in [0.15, 0.2) is 0 Å². The molecule has 0 amide bonds. The molecule has 0 aromatic rings. The molecule has 4 atom stereocenters. The van der Waals surface area contributed by atoms with E-state index in [0.29, 0.717) is 0 Å². The summed E-state index contributed by atoms with van der Waals surface area (Å²) in [5.41, 5.74) is 0. The van der Waals surface area contributed by atoms with Gasteiger partial charge in [-0.25, -0.2) is 0 Å². The van der Waals surface area contributed by atoms with E-state index in [1.165, 1.54) is 51.6 Å². The SMILES string of the molecule is CCCNC1CCN(C2CCC(SC)C2)C(C)C1. The van der Waals surface area contributed by atoms with E-state index in [2.05, 4.69) is 42.1 Å². The van der Waals surface area contributed by atoms with Crippen LogP contribution in [0.25, 0.3) is 0 Å².